The number of nitrogens with zero attached hydrogens (tertiary/aromatic N) is 3. The third-order valence-corrected chi connectivity index (χ3v) is 17.8. The molecule has 3 nitrogen and oxygen atoms in total. The molecule has 0 fully saturated rings. The summed E-state index contributed by atoms with van der Waals surface area (Å²) in [7, 11) is 0. The third kappa shape index (κ3) is 3.02. The first kappa shape index (κ1) is 32.0. The minimum atomic E-state index is -0.0795. The Hall–Kier alpha value is -7.80. The van der Waals surface area contributed by atoms with Crippen LogP contribution in [0, 0.1) is 11.3 Å². The van der Waals surface area contributed by atoms with Crippen LogP contribution in [0.1, 0.15) is 141 Å². The summed E-state index contributed by atoms with van der Waals surface area (Å²) in [5.41, 5.74) is 29.4. The van der Waals surface area contributed by atoms with Gasteiger partial charge in [0, 0.05) is 56.5 Å². The molecular weight excluding hydrogens is 775 g/mol. The van der Waals surface area contributed by atoms with Crippen molar-refractivity contribution in [2.45, 2.75) is 40.9 Å². The van der Waals surface area contributed by atoms with E-state index >= 15 is 0 Å². The van der Waals surface area contributed by atoms with E-state index in [0.29, 0.717) is 0 Å². The molecule has 3 atom stereocenters. The van der Waals surface area contributed by atoms with Crippen LogP contribution in [0.15, 0.2) is 164 Å². The Morgan fingerprint density at radius 2 is 0.922 bits per heavy atom. The Bertz CT molecular complexity index is 4060. The molecule has 3 unspecified atom stereocenters. The Kier molecular flexibility index (Phi) is 5.08. The molecule has 11 aromatic rings. The van der Waals surface area contributed by atoms with Crippen LogP contribution in [0.2, 0.25) is 0 Å². The number of nitriles is 1. The molecule has 4 bridgehead atoms. The van der Waals surface area contributed by atoms with Crippen LogP contribution in [-0.2, 0) is 5.41 Å². The van der Waals surface area contributed by atoms with Crippen molar-refractivity contribution in [3.05, 3.63) is 270 Å². The third-order valence-electron chi connectivity index (χ3n) is 17.8. The Labute approximate surface area is 367 Å². The van der Waals surface area contributed by atoms with Crippen molar-refractivity contribution in [2.75, 3.05) is 0 Å². The standard InChI is InChI=1S/C61H33N3/c62-27-29-25-44-51(54-46(29)47-30-13-1-3-15-32(30)48(54)33-16-4-2-14-31(33)47)41-26-40-52(58-39-22-10-12-24-43(39)61(58)42-23-11-9-21-38(42)57(40)61)56-53-45(64(44)60(41)56)28-63-59-50-36-19-7-5-17-34(36)49(55(53)59)35-18-6-8-20-37(35)50/h1-26,28,47-50,57-58H. The summed E-state index contributed by atoms with van der Waals surface area (Å²) in [6.07, 6.45) is 2.22. The first-order valence-electron chi connectivity index (χ1n) is 23.0. The lowest BCUT2D eigenvalue weighted by atomic mass is 9.43. The molecular formula is C61H33N3. The second kappa shape index (κ2) is 10.2. The largest absolute Gasteiger partial charge is 0.306 e. The van der Waals surface area contributed by atoms with Crippen LogP contribution < -0.4 is 0 Å². The molecule has 9 aliphatic rings. The van der Waals surface area contributed by atoms with Gasteiger partial charge in [0.05, 0.1) is 46.0 Å². The maximum absolute atomic E-state index is 11.3. The van der Waals surface area contributed by atoms with E-state index in [1.807, 2.05) is 0 Å². The molecule has 9 aliphatic carbocycles. The summed E-state index contributed by atoms with van der Waals surface area (Å²) in [6, 6.07) is 62.8. The van der Waals surface area contributed by atoms with Gasteiger partial charge in [-0.25, -0.2) is 0 Å². The number of rotatable bonds is 0. The van der Waals surface area contributed by atoms with Crippen molar-refractivity contribution < 1.29 is 0 Å². The average Bonchev–Trinajstić information content (AvgIpc) is 3.94. The molecule has 8 aromatic carbocycles. The van der Waals surface area contributed by atoms with Gasteiger partial charge in [0.1, 0.15) is 0 Å². The summed E-state index contributed by atoms with van der Waals surface area (Å²) < 4.78 is 2.58. The van der Waals surface area contributed by atoms with Gasteiger partial charge < -0.3 is 4.40 Å². The fraction of sp³-hybridized carbons (Fsp3) is 0.115. The highest BCUT2D eigenvalue weighted by Gasteiger charge is 2.70. The second-order valence-corrected chi connectivity index (χ2v) is 19.7. The van der Waals surface area contributed by atoms with Gasteiger partial charge in [0.15, 0.2) is 0 Å². The lowest BCUT2D eigenvalue weighted by Gasteiger charge is -2.58. The van der Waals surface area contributed by atoms with E-state index in [2.05, 4.69) is 174 Å². The molecule has 20 rings (SSSR count). The molecule has 3 heterocycles. The number of hydrogen-bond acceptors (Lipinski definition) is 2. The normalized spacial score (nSPS) is 24.3. The predicted molar refractivity (Wildman–Crippen MR) is 251 cm³/mol. The Morgan fingerprint density at radius 3 is 1.48 bits per heavy atom. The van der Waals surface area contributed by atoms with Gasteiger partial charge in [-0.05, 0) is 107 Å². The van der Waals surface area contributed by atoms with Crippen molar-refractivity contribution >= 4 is 38.1 Å². The van der Waals surface area contributed by atoms with E-state index in [1.54, 1.807) is 0 Å². The van der Waals surface area contributed by atoms with Crippen molar-refractivity contribution in [2.24, 2.45) is 0 Å². The summed E-state index contributed by atoms with van der Waals surface area (Å²) in [6.45, 7) is 0. The molecule has 64 heavy (non-hydrogen) atoms. The predicted octanol–water partition coefficient (Wildman–Crippen LogP) is 13.0. The lowest BCUT2D eigenvalue weighted by molar-refractivity contribution is 0.333. The minimum Gasteiger partial charge on any atom is -0.306 e. The lowest BCUT2D eigenvalue weighted by Crippen LogP contribution is -2.52. The van der Waals surface area contributed by atoms with Gasteiger partial charge in [0.2, 0.25) is 0 Å². The van der Waals surface area contributed by atoms with E-state index in [4.69, 9.17) is 4.98 Å². The molecule has 0 N–H and O–H groups in total. The Balaban J connectivity index is 1.07. The minimum absolute atomic E-state index is 0.00506. The fourth-order valence-electron chi connectivity index (χ4n) is 16.0. The highest BCUT2D eigenvalue weighted by atomic mass is 14.9. The molecule has 0 saturated carbocycles. The average molecular weight is 808 g/mol. The van der Waals surface area contributed by atoms with Gasteiger partial charge in [-0.1, -0.05) is 146 Å². The van der Waals surface area contributed by atoms with E-state index in [-0.39, 0.29) is 40.9 Å². The number of aromatic nitrogens is 2. The monoisotopic (exact) mass is 807 g/mol. The molecule has 3 heteroatoms. The summed E-state index contributed by atoms with van der Waals surface area (Å²) in [5, 5.41) is 16.7. The molecule has 0 saturated heterocycles. The Morgan fingerprint density at radius 1 is 0.438 bits per heavy atom. The molecule has 0 amide bonds. The van der Waals surface area contributed by atoms with Gasteiger partial charge in [-0.15, -0.1) is 0 Å². The molecule has 1 spiro atoms. The van der Waals surface area contributed by atoms with Crippen LogP contribution in [-0.4, -0.2) is 9.38 Å². The quantitative estimate of drug-likeness (QED) is 0.153. The summed E-state index contributed by atoms with van der Waals surface area (Å²) in [4.78, 5) is 5.62. The zero-order chi connectivity index (χ0) is 41.1. The first-order chi connectivity index (χ1) is 31.8. The zero-order valence-electron chi connectivity index (χ0n) is 34.4. The number of fused-ring (bicyclic) bond motifs is 14. The maximum Gasteiger partial charge on any atom is 0.0995 e. The van der Waals surface area contributed by atoms with Gasteiger partial charge in [0.25, 0.3) is 0 Å². The highest BCUT2D eigenvalue weighted by molar-refractivity contribution is 6.27. The molecule has 0 aliphatic heterocycles. The van der Waals surface area contributed by atoms with E-state index in [1.165, 1.54) is 127 Å². The van der Waals surface area contributed by atoms with Crippen LogP contribution >= 0.6 is 0 Å². The van der Waals surface area contributed by atoms with E-state index in [0.717, 1.165) is 16.6 Å². The smallest absolute Gasteiger partial charge is 0.0995 e. The fourth-order valence-corrected chi connectivity index (χ4v) is 16.0. The topological polar surface area (TPSA) is 41.1 Å². The molecule has 3 aromatic heterocycles. The van der Waals surface area contributed by atoms with Crippen molar-refractivity contribution in [1.82, 2.24) is 9.38 Å². The summed E-state index contributed by atoms with van der Waals surface area (Å²) >= 11 is 0. The maximum atomic E-state index is 11.3. The zero-order valence-corrected chi connectivity index (χ0v) is 34.4. The van der Waals surface area contributed by atoms with Gasteiger partial charge >= 0.3 is 0 Å². The van der Waals surface area contributed by atoms with Gasteiger partial charge in [-0.2, -0.15) is 5.26 Å². The van der Waals surface area contributed by atoms with Crippen molar-refractivity contribution in [1.29, 1.82) is 5.26 Å². The first-order valence-corrected chi connectivity index (χ1v) is 23.0. The molecule has 292 valence electrons. The van der Waals surface area contributed by atoms with Crippen LogP contribution in [0.4, 0.5) is 0 Å². The second-order valence-electron chi connectivity index (χ2n) is 19.7. The highest BCUT2D eigenvalue weighted by Crippen LogP contribution is 2.78. The van der Waals surface area contributed by atoms with Crippen molar-refractivity contribution in [3.8, 4) is 6.07 Å². The van der Waals surface area contributed by atoms with Crippen LogP contribution in [0.25, 0.3) is 38.1 Å². The van der Waals surface area contributed by atoms with Crippen molar-refractivity contribution in [3.63, 3.8) is 0 Å². The number of hydrogen-bond donors (Lipinski definition) is 0. The number of benzene rings is 8. The summed E-state index contributed by atoms with van der Waals surface area (Å²) in [5.74, 6) is 0.693. The number of pyridine rings is 1. The van der Waals surface area contributed by atoms with E-state index < -0.39 is 0 Å². The molecule has 0 radical (unpaired) electrons. The van der Waals surface area contributed by atoms with Crippen LogP contribution in [0.5, 0.6) is 0 Å². The SMILES string of the molecule is N#Cc1cc2c(c3c1C1c4ccccc4C3c3ccccc31)c1cc3c(c4c5c6c(ncc5n2c14)C1c2ccccc2C6c2ccccc21)C1c2ccccc2C12c1ccccc1C32. The van der Waals surface area contributed by atoms with Gasteiger partial charge in [-0.3, -0.25) is 4.98 Å². The van der Waals surface area contributed by atoms with E-state index in [9.17, 15) is 5.26 Å². The van der Waals surface area contributed by atoms with Crippen LogP contribution in [0.3, 0.4) is 0 Å².